The SMILES string of the molecule is O=C(C[C@@H]1CC2(CCN(C(=O)C3CCCC3)CC2)Oc2ccccc21)Nc1cccnc1. The summed E-state index contributed by atoms with van der Waals surface area (Å²) >= 11 is 0. The highest BCUT2D eigenvalue weighted by atomic mass is 16.5. The molecule has 5 rings (SSSR count). The zero-order chi connectivity index (χ0) is 22.0. The highest BCUT2D eigenvalue weighted by Gasteiger charge is 2.45. The van der Waals surface area contributed by atoms with E-state index in [0.29, 0.717) is 18.0 Å². The lowest BCUT2D eigenvalue weighted by atomic mass is 9.76. The van der Waals surface area contributed by atoms with Gasteiger partial charge in [0.1, 0.15) is 11.4 Å². The van der Waals surface area contributed by atoms with Crippen molar-refractivity contribution in [1.29, 1.82) is 0 Å². The third-order valence-corrected chi connectivity index (χ3v) is 7.37. The van der Waals surface area contributed by atoms with E-state index in [0.717, 1.165) is 56.5 Å². The summed E-state index contributed by atoms with van der Waals surface area (Å²) in [7, 11) is 0. The first kappa shape index (κ1) is 21.0. The molecule has 2 amide bonds. The maximum atomic E-state index is 12.9. The molecule has 0 bridgehead atoms. The Hall–Kier alpha value is -2.89. The van der Waals surface area contributed by atoms with Gasteiger partial charge < -0.3 is 15.0 Å². The number of likely N-dealkylation sites (tertiary alicyclic amines) is 1. The highest BCUT2D eigenvalue weighted by molar-refractivity contribution is 5.91. The second kappa shape index (κ2) is 8.93. The van der Waals surface area contributed by atoms with E-state index in [1.807, 2.05) is 30.3 Å². The molecule has 2 aromatic rings. The van der Waals surface area contributed by atoms with Crippen LogP contribution >= 0.6 is 0 Å². The fourth-order valence-corrected chi connectivity index (χ4v) is 5.67. The van der Waals surface area contributed by atoms with Gasteiger partial charge in [0, 0.05) is 50.4 Å². The number of amides is 2. The molecule has 0 radical (unpaired) electrons. The van der Waals surface area contributed by atoms with Crippen molar-refractivity contribution in [2.24, 2.45) is 5.92 Å². The third-order valence-electron chi connectivity index (χ3n) is 7.37. The van der Waals surface area contributed by atoms with E-state index in [9.17, 15) is 9.59 Å². The van der Waals surface area contributed by atoms with Crippen molar-refractivity contribution in [2.75, 3.05) is 18.4 Å². The second-order valence-electron chi connectivity index (χ2n) is 9.52. The topological polar surface area (TPSA) is 71.5 Å². The van der Waals surface area contributed by atoms with E-state index in [1.54, 1.807) is 12.4 Å². The number of benzene rings is 1. The standard InChI is InChI=1S/C26H31N3O3/c30-24(28-21-8-5-13-27-18-21)16-20-17-26(32-23-10-4-3-9-22(20)23)11-14-29(15-12-26)25(31)19-6-1-2-7-19/h3-5,8-10,13,18-20H,1-2,6-7,11-12,14-17H2,(H,28,30)/t20-/m1/s1. The van der Waals surface area contributed by atoms with E-state index in [2.05, 4.69) is 21.3 Å². The second-order valence-corrected chi connectivity index (χ2v) is 9.52. The molecular weight excluding hydrogens is 402 g/mol. The fraction of sp³-hybridized carbons (Fsp3) is 0.500. The van der Waals surface area contributed by atoms with E-state index in [1.165, 1.54) is 12.8 Å². The number of carbonyl (C=O) groups excluding carboxylic acids is 2. The number of rotatable bonds is 4. The van der Waals surface area contributed by atoms with Gasteiger partial charge in [0.25, 0.3) is 0 Å². The van der Waals surface area contributed by atoms with Gasteiger partial charge in [0.2, 0.25) is 11.8 Å². The first-order valence-corrected chi connectivity index (χ1v) is 11.9. The molecule has 1 saturated heterocycles. The molecule has 32 heavy (non-hydrogen) atoms. The van der Waals surface area contributed by atoms with E-state index in [4.69, 9.17) is 4.74 Å². The normalized spacial score (nSPS) is 22.2. The molecule has 1 saturated carbocycles. The largest absolute Gasteiger partial charge is 0.487 e. The van der Waals surface area contributed by atoms with Gasteiger partial charge in [-0.3, -0.25) is 14.6 Å². The molecule has 6 nitrogen and oxygen atoms in total. The smallest absolute Gasteiger partial charge is 0.225 e. The predicted octanol–water partition coefficient (Wildman–Crippen LogP) is 4.53. The van der Waals surface area contributed by atoms with Gasteiger partial charge in [-0.05, 0) is 43.0 Å². The number of carbonyl (C=O) groups is 2. The minimum Gasteiger partial charge on any atom is -0.487 e. The number of fused-ring (bicyclic) bond motifs is 1. The van der Waals surface area contributed by atoms with Crippen LogP contribution in [-0.4, -0.2) is 40.4 Å². The molecule has 0 unspecified atom stereocenters. The van der Waals surface area contributed by atoms with Gasteiger partial charge in [-0.2, -0.15) is 0 Å². The molecule has 6 heteroatoms. The number of anilines is 1. The maximum absolute atomic E-state index is 12.9. The zero-order valence-electron chi connectivity index (χ0n) is 18.5. The number of nitrogens with zero attached hydrogens (tertiary/aromatic N) is 2. The monoisotopic (exact) mass is 433 g/mol. The molecule has 1 aliphatic carbocycles. The van der Waals surface area contributed by atoms with Crippen molar-refractivity contribution in [3.8, 4) is 5.75 Å². The van der Waals surface area contributed by atoms with Crippen molar-refractivity contribution in [3.05, 3.63) is 54.4 Å². The molecule has 1 N–H and O–H groups in total. The Morgan fingerprint density at radius 3 is 2.62 bits per heavy atom. The average Bonchev–Trinajstić information content (AvgIpc) is 3.35. The van der Waals surface area contributed by atoms with Crippen molar-refractivity contribution >= 4 is 17.5 Å². The number of nitrogens with one attached hydrogen (secondary N) is 1. The number of pyridine rings is 1. The van der Waals surface area contributed by atoms with Crippen LogP contribution in [0.15, 0.2) is 48.8 Å². The Labute approximate surface area is 189 Å². The summed E-state index contributed by atoms with van der Waals surface area (Å²) in [4.78, 5) is 31.8. The van der Waals surface area contributed by atoms with Gasteiger partial charge in [-0.15, -0.1) is 0 Å². The van der Waals surface area contributed by atoms with Gasteiger partial charge in [0.15, 0.2) is 0 Å². The Morgan fingerprint density at radius 1 is 1.09 bits per heavy atom. The minimum atomic E-state index is -0.305. The lowest BCUT2D eigenvalue weighted by Crippen LogP contribution is -2.52. The van der Waals surface area contributed by atoms with Crippen LogP contribution in [0.25, 0.3) is 0 Å². The number of ether oxygens (including phenoxy) is 1. The Balaban J connectivity index is 1.28. The van der Waals surface area contributed by atoms with Crippen LogP contribution in [0.4, 0.5) is 5.69 Å². The van der Waals surface area contributed by atoms with Gasteiger partial charge in [-0.25, -0.2) is 0 Å². The third kappa shape index (κ3) is 4.36. The summed E-state index contributed by atoms with van der Waals surface area (Å²) in [6, 6.07) is 11.7. The number of hydrogen-bond donors (Lipinski definition) is 1. The van der Waals surface area contributed by atoms with Crippen LogP contribution in [0.3, 0.4) is 0 Å². The van der Waals surface area contributed by atoms with Crippen LogP contribution in [0.5, 0.6) is 5.75 Å². The van der Waals surface area contributed by atoms with Crippen LogP contribution in [0, 0.1) is 5.92 Å². The quantitative estimate of drug-likeness (QED) is 0.769. The summed E-state index contributed by atoms with van der Waals surface area (Å²) in [6.07, 6.45) is 10.6. The molecule has 2 fully saturated rings. The van der Waals surface area contributed by atoms with Gasteiger partial charge in [-0.1, -0.05) is 31.0 Å². The van der Waals surface area contributed by atoms with Crippen LogP contribution in [0.2, 0.25) is 0 Å². The molecular formula is C26H31N3O3. The van der Waals surface area contributed by atoms with E-state index >= 15 is 0 Å². The van der Waals surface area contributed by atoms with Gasteiger partial charge in [0.05, 0.1) is 11.9 Å². The molecule has 3 heterocycles. The molecule has 3 aliphatic rings. The number of aromatic nitrogens is 1. The molecule has 1 aromatic carbocycles. The number of hydrogen-bond acceptors (Lipinski definition) is 4. The summed E-state index contributed by atoms with van der Waals surface area (Å²) < 4.78 is 6.56. The Kier molecular flexibility index (Phi) is 5.85. The van der Waals surface area contributed by atoms with E-state index < -0.39 is 0 Å². The lowest BCUT2D eigenvalue weighted by Gasteiger charge is -2.47. The highest BCUT2D eigenvalue weighted by Crippen LogP contribution is 2.46. The van der Waals surface area contributed by atoms with E-state index in [-0.39, 0.29) is 23.3 Å². The van der Waals surface area contributed by atoms with Crippen LogP contribution < -0.4 is 10.1 Å². The number of para-hydroxylation sites is 1. The lowest BCUT2D eigenvalue weighted by molar-refractivity contribution is -0.139. The van der Waals surface area contributed by atoms with Crippen LogP contribution in [-0.2, 0) is 9.59 Å². The van der Waals surface area contributed by atoms with Gasteiger partial charge >= 0.3 is 0 Å². The maximum Gasteiger partial charge on any atom is 0.225 e. The first-order chi connectivity index (χ1) is 15.6. The molecule has 1 aromatic heterocycles. The summed E-state index contributed by atoms with van der Waals surface area (Å²) in [5.41, 5.74) is 1.51. The minimum absolute atomic E-state index is 0.0105. The van der Waals surface area contributed by atoms with Crippen LogP contribution in [0.1, 0.15) is 62.8 Å². The molecule has 2 aliphatic heterocycles. The molecule has 1 atom stereocenters. The average molecular weight is 434 g/mol. The Bertz CT molecular complexity index is 963. The fourth-order valence-electron chi connectivity index (χ4n) is 5.67. The number of piperidine rings is 1. The molecule has 168 valence electrons. The van der Waals surface area contributed by atoms with Crippen molar-refractivity contribution in [1.82, 2.24) is 9.88 Å². The predicted molar refractivity (Wildman–Crippen MR) is 122 cm³/mol. The summed E-state index contributed by atoms with van der Waals surface area (Å²) in [5.74, 6) is 1.52. The van der Waals surface area contributed by atoms with Crippen molar-refractivity contribution < 1.29 is 14.3 Å². The summed E-state index contributed by atoms with van der Waals surface area (Å²) in [5, 5.41) is 2.97. The summed E-state index contributed by atoms with van der Waals surface area (Å²) in [6.45, 7) is 1.48. The Morgan fingerprint density at radius 2 is 1.88 bits per heavy atom. The van der Waals surface area contributed by atoms with Crippen molar-refractivity contribution in [2.45, 2.75) is 62.9 Å². The first-order valence-electron chi connectivity index (χ1n) is 11.9. The molecule has 1 spiro atoms. The zero-order valence-corrected chi connectivity index (χ0v) is 18.5. The van der Waals surface area contributed by atoms with Crippen molar-refractivity contribution in [3.63, 3.8) is 0 Å².